The van der Waals surface area contributed by atoms with Crippen LogP contribution in [-0.4, -0.2) is 110 Å². The second-order valence-corrected chi connectivity index (χ2v) is 17.4. The van der Waals surface area contributed by atoms with Gasteiger partial charge in [0.1, 0.15) is 43.2 Å². The van der Waals surface area contributed by atoms with Crippen molar-refractivity contribution in [3.05, 3.63) is 48.6 Å². The zero-order valence-electron chi connectivity index (χ0n) is 36.9. The van der Waals surface area contributed by atoms with Gasteiger partial charge in [-0.2, -0.15) is 0 Å². The standard InChI is InChI=1S/C46H81O14P/c1-2-3-4-5-6-7-8-9-15-18-21-24-27-30-33-39(48)57-36-38(37-58-61(55,56)60-46-44(53)42(51)41(50)43(52)45(46)54)59-40(49)34-31-28-25-22-19-16-13-11-10-12-14-17-20-23-26-29-32-35-47/h10,12-13,16-17,20,22,25,38,41-47,50-54H,2-9,11,14-15,18-19,21,23-24,26-37H2,1H3,(H,55,56). The minimum atomic E-state index is -5.14. The fourth-order valence-electron chi connectivity index (χ4n) is 6.73. The van der Waals surface area contributed by atoms with Gasteiger partial charge in [0.25, 0.3) is 0 Å². The molecule has 6 atom stereocenters. The highest BCUT2D eigenvalue weighted by Gasteiger charge is 2.51. The van der Waals surface area contributed by atoms with E-state index in [0.717, 1.165) is 64.2 Å². The Bertz CT molecular complexity index is 1260. The van der Waals surface area contributed by atoms with Crippen LogP contribution in [-0.2, 0) is 32.7 Å². The number of hydrogen-bond acceptors (Lipinski definition) is 13. The Balaban J connectivity index is 2.50. The maximum Gasteiger partial charge on any atom is 0.472 e. The molecule has 1 aliphatic rings. The molecule has 0 amide bonds. The van der Waals surface area contributed by atoms with Crippen molar-refractivity contribution >= 4 is 19.8 Å². The summed E-state index contributed by atoms with van der Waals surface area (Å²) in [5.74, 6) is -1.18. The summed E-state index contributed by atoms with van der Waals surface area (Å²) in [6.45, 7) is 1.26. The van der Waals surface area contributed by atoms with E-state index in [-0.39, 0.29) is 19.4 Å². The molecule has 0 spiro atoms. The first-order valence-electron chi connectivity index (χ1n) is 23.1. The van der Waals surface area contributed by atoms with Crippen LogP contribution in [0.1, 0.15) is 167 Å². The van der Waals surface area contributed by atoms with Gasteiger partial charge in [-0.25, -0.2) is 4.57 Å². The van der Waals surface area contributed by atoms with Crippen molar-refractivity contribution in [2.24, 2.45) is 0 Å². The van der Waals surface area contributed by atoms with Crippen LogP contribution >= 0.6 is 7.82 Å². The van der Waals surface area contributed by atoms with E-state index in [1.54, 1.807) is 0 Å². The lowest BCUT2D eigenvalue weighted by molar-refractivity contribution is -0.220. The van der Waals surface area contributed by atoms with E-state index < -0.39 is 75.7 Å². The van der Waals surface area contributed by atoms with Gasteiger partial charge in [-0.05, 0) is 57.8 Å². The third-order valence-electron chi connectivity index (χ3n) is 10.5. The fourth-order valence-corrected chi connectivity index (χ4v) is 7.70. The van der Waals surface area contributed by atoms with Crippen molar-refractivity contribution in [1.29, 1.82) is 0 Å². The number of aliphatic hydroxyl groups is 6. The Morgan fingerprint density at radius 2 is 0.967 bits per heavy atom. The molecular formula is C46H81O14P. The maximum absolute atomic E-state index is 12.8. The number of hydrogen-bond donors (Lipinski definition) is 7. The summed E-state index contributed by atoms with van der Waals surface area (Å²) in [5.41, 5.74) is 0. The molecule has 0 aromatic heterocycles. The number of esters is 2. The summed E-state index contributed by atoms with van der Waals surface area (Å²) < 4.78 is 33.4. The van der Waals surface area contributed by atoms with E-state index in [2.05, 4.69) is 43.4 Å². The number of rotatable bonds is 38. The van der Waals surface area contributed by atoms with E-state index in [0.29, 0.717) is 19.3 Å². The van der Waals surface area contributed by atoms with Crippen LogP contribution in [0.4, 0.5) is 0 Å². The van der Waals surface area contributed by atoms with Gasteiger partial charge in [0.15, 0.2) is 6.10 Å². The zero-order valence-corrected chi connectivity index (χ0v) is 37.8. The SMILES string of the molecule is CCCCCCCCCCCCCCCCC(=O)OCC(COP(=O)(O)OC1C(O)C(O)C(O)C(O)C1O)OC(=O)CCCC=CCC=CCC=CCC=CCCCCCO. The predicted molar refractivity (Wildman–Crippen MR) is 236 cm³/mol. The molecule has 14 nitrogen and oxygen atoms in total. The van der Waals surface area contributed by atoms with Crippen LogP contribution in [0, 0.1) is 0 Å². The first kappa shape index (κ1) is 56.8. The Hall–Kier alpha value is -2.23. The Kier molecular flexibility index (Phi) is 34.6. The lowest BCUT2D eigenvalue weighted by atomic mass is 9.85. The first-order valence-corrected chi connectivity index (χ1v) is 24.5. The monoisotopic (exact) mass is 889 g/mol. The largest absolute Gasteiger partial charge is 0.472 e. The second kappa shape index (κ2) is 37.2. The summed E-state index contributed by atoms with van der Waals surface area (Å²) in [6, 6.07) is 0. The van der Waals surface area contributed by atoms with E-state index in [9.17, 15) is 44.6 Å². The minimum Gasteiger partial charge on any atom is -0.462 e. The maximum atomic E-state index is 12.8. The van der Waals surface area contributed by atoms with Crippen molar-refractivity contribution in [3.8, 4) is 0 Å². The molecule has 7 N–H and O–H groups in total. The van der Waals surface area contributed by atoms with E-state index >= 15 is 0 Å². The lowest BCUT2D eigenvalue weighted by Gasteiger charge is -2.41. The van der Waals surface area contributed by atoms with Crippen molar-refractivity contribution < 1.29 is 68.2 Å². The fraction of sp³-hybridized carbons (Fsp3) is 0.783. The summed E-state index contributed by atoms with van der Waals surface area (Å²) in [6.07, 6.45) is 27.5. The summed E-state index contributed by atoms with van der Waals surface area (Å²) in [5, 5.41) is 58.9. The normalized spacial score (nSPS) is 22.4. The van der Waals surface area contributed by atoms with Crippen LogP contribution in [0.25, 0.3) is 0 Å². The number of phosphoric acid groups is 1. The first-order chi connectivity index (χ1) is 29.4. The highest BCUT2D eigenvalue weighted by Crippen LogP contribution is 2.47. The summed E-state index contributed by atoms with van der Waals surface area (Å²) in [7, 11) is -5.14. The molecule has 0 bridgehead atoms. The van der Waals surface area contributed by atoms with Gasteiger partial charge in [-0.3, -0.25) is 18.6 Å². The van der Waals surface area contributed by atoms with Crippen molar-refractivity contribution in [1.82, 2.24) is 0 Å². The average molecular weight is 889 g/mol. The number of aliphatic hydroxyl groups excluding tert-OH is 6. The zero-order chi connectivity index (χ0) is 45.0. The van der Waals surface area contributed by atoms with Gasteiger partial charge in [0.2, 0.25) is 0 Å². The van der Waals surface area contributed by atoms with E-state index in [1.165, 1.54) is 64.2 Å². The number of allylic oxidation sites excluding steroid dienone is 8. The van der Waals surface area contributed by atoms with Crippen molar-refractivity contribution in [2.75, 3.05) is 19.8 Å². The highest BCUT2D eigenvalue weighted by molar-refractivity contribution is 7.47. The van der Waals surface area contributed by atoms with E-state index in [4.69, 9.17) is 23.6 Å². The number of ether oxygens (including phenoxy) is 2. The van der Waals surface area contributed by atoms with Crippen LogP contribution in [0.15, 0.2) is 48.6 Å². The van der Waals surface area contributed by atoms with Gasteiger partial charge >= 0.3 is 19.8 Å². The van der Waals surface area contributed by atoms with E-state index in [1.807, 2.05) is 12.2 Å². The molecule has 0 radical (unpaired) electrons. The molecule has 1 saturated carbocycles. The molecule has 354 valence electrons. The molecular weight excluding hydrogens is 807 g/mol. The molecule has 15 heteroatoms. The molecule has 0 aliphatic heterocycles. The third kappa shape index (κ3) is 29.7. The smallest absolute Gasteiger partial charge is 0.462 e. The molecule has 0 aromatic rings. The highest BCUT2D eigenvalue weighted by atomic mass is 31.2. The molecule has 1 fully saturated rings. The minimum absolute atomic E-state index is 0.0113. The lowest BCUT2D eigenvalue weighted by Crippen LogP contribution is -2.64. The molecule has 6 unspecified atom stereocenters. The Morgan fingerprint density at radius 3 is 1.48 bits per heavy atom. The van der Waals surface area contributed by atoms with Crippen LogP contribution in [0.2, 0.25) is 0 Å². The molecule has 1 rings (SSSR count). The molecule has 0 saturated heterocycles. The molecule has 1 aliphatic carbocycles. The second-order valence-electron chi connectivity index (χ2n) is 16.0. The van der Waals surface area contributed by atoms with Crippen LogP contribution < -0.4 is 0 Å². The summed E-state index contributed by atoms with van der Waals surface area (Å²) in [4.78, 5) is 35.6. The molecule has 0 heterocycles. The van der Waals surface area contributed by atoms with Crippen LogP contribution in [0.3, 0.4) is 0 Å². The molecule has 61 heavy (non-hydrogen) atoms. The number of phosphoric ester groups is 1. The average Bonchev–Trinajstić information content (AvgIpc) is 3.24. The van der Waals surface area contributed by atoms with Crippen LogP contribution in [0.5, 0.6) is 0 Å². The van der Waals surface area contributed by atoms with Gasteiger partial charge in [-0.15, -0.1) is 0 Å². The van der Waals surface area contributed by atoms with Gasteiger partial charge in [0.05, 0.1) is 6.61 Å². The van der Waals surface area contributed by atoms with Gasteiger partial charge in [0, 0.05) is 19.4 Å². The number of unbranched alkanes of at least 4 members (excludes halogenated alkanes) is 17. The number of carbonyl (C=O) groups is 2. The van der Waals surface area contributed by atoms with Crippen molar-refractivity contribution in [2.45, 2.75) is 210 Å². The summed E-state index contributed by atoms with van der Waals surface area (Å²) >= 11 is 0. The van der Waals surface area contributed by atoms with Gasteiger partial charge < -0.3 is 45.0 Å². The molecule has 0 aromatic carbocycles. The Morgan fingerprint density at radius 1 is 0.541 bits per heavy atom. The third-order valence-corrected chi connectivity index (χ3v) is 11.5. The predicted octanol–water partition coefficient (Wildman–Crippen LogP) is 7.75. The Labute approximate surface area is 365 Å². The van der Waals surface area contributed by atoms with Gasteiger partial charge in [-0.1, -0.05) is 145 Å². The topological polar surface area (TPSA) is 230 Å². The van der Waals surface area contributed by atoms with Crippen molar-refractivity contribution in [3.63, 3.8) is 0 Å². The quantitative estimate of drug-likeness (QED) is 0.0136. The number of carbonyl (C=O) groups excluding carboxylic acids is 2.